The number of amides is 1. The van der Waals surface area contributed by atoms with Gasteiger partial charge in [0.25, 0.3) is 5.91 Å². The maximum Gasteiger partial charge on any atom is 0.357 e. The summed E-state index contributed by atoms with van der Waals surface area (Å²) in [6, 6.07) is 5.00. The van der Waals surface area contributed by atoms with Gasteiger partial charge in [-0.2, -0.15) is 0 Å². The minimum Gasteiger partial charge on any atom is -0.451 e. The smallest absolute Gasteiger partial charge is 0.357 e. The van der Waals surface area contributed by atoms with Crippen molar-refractivity contribution in [2.24, 2.45) is 0 Å². The Morgan fingerprint density at radius 1 is 1.47 bits per heavy atom. The third-order valence-corrected chi connectivity index (χ3v) is 2.23. The molecule has 0 fully saturated rings. The van der Waals surface area contributed by atoms with Crippen molar-refractivity contribution in [3.8, 4) is 0 Å². The highest BCUT2D eigenvalue weighted by Crippen LogP contribution is 1.96. The third kappa shape index (κ3) is 4.63. The normalized spacial score (nSPS) is 11.6. The van der Waals surface area contributed by atoms with Crippen molar-refractivity contribution in [1.29, 1.82) is 0 Å². The van der Waals surface area contributed by atoms with Crippen LogP contribution < -0.4 is 5.32 Å². The quantitative estimate of drug-likeness (QED) is 0.779. The Morgan fingerprint density at radius 2 is 2.24 bits per heavy atom. The number of aromatic nitrogens is 1. The number of rotatable bonds is 5. The molecule has 0 aromatic carbocycles. The summed E-state index contributed by atoms with van der Waals surface area (Å²) >= 11 is 0. The summed E-state index contributed by atoms with van der Waals surface area (Å²) < 4.78 is 4.82. The van der Waals surface area contributed by atoms with Gasteiger partial charge in [0.05, 0.1) is 0 Å². The number of hydrogen-bond donors (Lipinski definition) is 1. The van der Waals surface area contributed by atoms with Crippen LogP contribution in [-0.2, 0) is 9.53 Å². The van der Waals surface area contributed by atoms with E-state index in [0.717, 1.165) is 6.42 Å². The van der Waals surface area contributed by atoms with E-state index >= 15 is 0 Å². The lowest BCUT2D eigenvalue weighted by atomic mass is 10.2. The number of pyridine rings is 1. The number of carbonyl (C=O) groups is 2. The molecule has 0 bridgehead atoms. The van der Waals surface area contributed by atoms with Gasteiger partial charge in [-0.25, -0.2) is 9.78 Å². The van der Waals surface area contributed by atoms with Gasteiger partial charge in [0.15, 0.2) is 6.61 Å². The molecule has 0 aliphatic heterocycles. The van der Waals surface area contributed by atoms with Gasteiger partial charge < -0.3 is 10.1 Å². The van der Waals surface area contributed by atoms with Crippen LogP contribution in [0.25, 0.3) is 0 Å². The average Bonchev–Trinajstić information content (AvgIpc) is 2.36. The van der Waals surface area contributed by atoms with Gasteiger partial charge in [-0.15, -0.1) is 0 Å². The first-order chi connectivity index (χ1) is 8.13. The van der Waals surface area contributed by atoms with Crippen LogP contribution in [0.3, 0.4) is 0 Å². The van der Waals surface area contributed by atoms with Crippen molar-refractivity contribution < 1.29 is 14.3 Å². The summed E-state index contributed by atoms with van der Waals surface area (Å²) in [5.74, 6) is -0.895. The van der Waals surface area contributed by atoms with Crippen LogP contribution in [0.15, 0.2) is 24.4 Å². The number of esters is 1. The first kappa shape index (κ1) is 13.2. The second-order valence-electron chi connectivity index (χ2n) is 3.67. The average molecular weight is 236 g/mol. The van der Waals surface area contributed by atoms with Gasteiger partial charge in [0.1, 0.15) is 5.69 Å². The summed E-state index contributed by atoms with van der Waals surface area (Å²) in [5.41, 5.74) is 0.198. The highest BCUT2D eigenvalue weighted by molar-refractivity contribution is 5.89. The zero-order chi connectivity index (χ0) is 12.7. The molecule has 0 unspecified atom stereocenters. The summed E-state index contributed by atoms with van der Waals surface area (Å²) in [6.07, 6.45) is 2.33. The fraction of sp³-hybridized carbons (Fsp3) is 0.417. The Kier molecular flexibility index (Phi) is 5.13. The van der Waals surface area contributed by atoms with Gasteiger partial charge >= 0.3 is 5.97 Å². The summed E-state index contributed by atoms with van der Waals surface area (Å²) in [7, 11) is 0. The Morgan fingerprint density at radius 3 is 2.82 bits per heavy atom. The lowest BCUT2D eigenvalue weighted by Crippen LogP contribution is -2.35. The maximum atomic E-state index is 11.4. The molecule has 17 heavy (non-hydrogen) atoms. The third-order valence-electron chi connectivity index (χ3n) is 2.23. The largest absolute Gasteiger partial charge is 0.451 e. The number of ether oxygens (including phenoxy) is 1. The molecule has 1 N–H and O–H groups in total. The SMILES string of the molecule is CC[C@@H](C)NC(=O)COC(=O)c1ccccn1. The monoisotopic (exact) mass is 236 g/mol. The molecule has 0 spiro atoms. The summed E-state index contributed by atoms with van der Waals surface area (Å²) in [6.45, 7) is 3.57. The zero-order valence-corrected chi connectivity index (χ0v) is 9.97. The molecule has 1 atom stereocenters. The Labute approximate surface area is 100 Å². The van der Waals surface area contributed by atoms with Crippen molar-refractivity contribution >= 4 is 11.9 Å². The van der Waals surface area contributed by atoms with E-state index in [0.29, 0.717) is 0 Å². The van der Waals surface area contributed by atoms with Crippen molar-refractivity contribution in [2.75, 3.05) is 6.61 Å². The van der Waals surface area contributed by atoms with Gasteiger partial charge in [-0.1, -0.05) is 13.0 Å². The van der Waals surface area contributed by atoms with E-state index in [1.165, 1.54) is 12.3 Å². The molecule has 1 rings (SSSR count). The maximum absolute atomic E-state index is 11.4. The molecule has 5 heteroatoms. The molecule has 0 radical (unpaired) electrons. The van der Waals surface area contributed by atoms with Crippen LogP contribution in [0.5, 0.6) is 0 Å². The Balaban J connectivity index is 2.36. The predicted molar refractivity (Wildman–Crippen MR) is 62.4 cm³/mol. The minimum absolute atomic E-state index is 0.0797. The van der Waals surface area contributed by atoms with E-state index in [4.69, 9.17) is 4.74 Å². The van der Waals surface area contributed by atoms with Crippen molar-refractivity contribution in [1.82, 2.24) is 10.3 Å². The molecule has 0 saturated heterocycles. The summed E-state index contributed by atoms with van der Waals surface area (Å²) in [5, 5.41) is 2.70. The fourth-order valence-corrected chi connectivity index (χ4v) is 1.11. The predicted octanol–water partition coefficient (Wildman–Crippen LogP) is 1.15. The number of nitrogens with one attached hydrogen (secondary N) is 1. The van der Waals surface area contributed by atoms with Crippen molar-refractivity contribution in [3.63, 3.8) is 0 Å². The van der Waals surface area contributed by atoms with Gasteiger partial charge in [0, 0.05) is 12.2 Å². The molecule has 1 aromatic heterocycles. The van der Waals surface area contributed by atoms with E-state index in [1.54, 1.807) is 12.1 Å². The van der Waals surface area contributed by atoms with E-state index in [2.05, 4.69) is 10.3 Å². The number of hydrogen-bond acceptors (Lipinski definition) is 4. The first-order valence-electron chi connectivity index (χ1n) is 5.51. The van der Waals surface area contributed by atoms with Crippen LogP contribution in [0, 0.1) is 0 Å². The Hall–Kier alpha value is -1.91. The topological polar surface area (TPSA) is 68.3 Å². The molecule has 0 saturated carbocycles. The van der Waals surface area contributed by atoms with E-state index in [1.807, 2.05) is 13.8 Å². The van der Waals surface area contributed by atoms with E-state index < -0.39 is 5.97 Å². The van der Waals surface area contributed by atoms with E-state index in [9.17, 15) is 9.59 Å². The van der Waals surface area contributed by atoms with Gasteiger partial charge in [0.2, 0.25) is 0 Å². The summed E-state index contributed by atoms with van der Waals surface area (Å²) in [4.78, 5) is 26.6. The van der Waals surface area contributed by atoms with Crippen LogP contribution in [0.4, 0.5) is 0 Å². The zero-order valence-electron chi connectivity index (χ0n) is 9.97. The lowest BCUT2D eigenvalue weighted by Gasteiger charge is -2.11. The number of nitrogens with zero attached hydrogens (tertiary/aromatic N) is 1. The van der Waals surface area contributed by atoms with Crippen LogP contribution in [0.1, 0.15) is 30.8 Å². The number of carbonyl (C=O) groups excluding carboxylic acids is 2. The molecule has 1 amide bonds. The molecule has 0 aliphatic rings. The minimum atomic E-state index is -0.593. The molecular weight excluding hydrogens is 220 g/mol. The molecule has 0 aliphatic carbocycles. The Bertz CT molecular complexity index is 379. The molecule has 5 nitrogen and oxygen atoms in total. The molecule has 1 aromatic rings. The second-order valence-corrected chi connectivity index (χ2v) is 3.67. The van der Waals surface area contributed by atoms with E-state index in [-0.39, 0.29) is 24.2 Å². The fourth-order valence-electron chi connectivity index (χ4n) is 1.11. The highest BCUT2D eigenvalue weighted by Gasteiger charge is 2.11. The standard InChI is InChI=1S/C12H16N2O3/c1-3-9(2)14-11(15)8-17-12(16)10-6-4-5-7-13-10/h4-7,9H,3,8H2,1-2H3,(H,14,15)/t9-/m1/s1. The van der Waals surface area contributed by atoms with Crippen molar-refractivity contribution in [3.05, 3.63) is 30.1 Å². The molecule has 1 heterocycles. The molecule has 92 valence electrons. The highest BCUT2D eigenvalue weighted by atomic mass is 16.5. The first-order valence-corrected chi connectivity index (χ1v) is 5.51. The molecular formula is C12H16N2O3. The second kappa shape index (κ2) is 6.62. The van der Waals surface area contributed by atoms with Gasteiger partial charge in [-0.05, 0) is 25.5 Å². The van der Waals surface area contributed by atoms with Crippen molar-refractivity contribution in [2.45, 2.75) is 26.3 Å². The van der Waals surface area contributed by atoms with Crippen LogP contribution in [-0.4, -0.2) is 29.5 Å². The van der Waals surface area contributed by atoms with Crippen LogP contribution in [0.2, 0.25) is 0 Å². The van der Waals surface area contributed by atoms with Gasteiger partial charge in [-0.3, -0.25) is 4.79 Å². The lowest BCUT2D eigenvalue weighted by molar-refractivity contribution is -0.124. The van der Waals surface area contributed by atoms with Crippen LogP contribution >= 0.6 is 0 Å².